The number of benzene rings is 1. The molecule has 4 rings (SSSR count). The van der Waals surface area contributed by atoms with Crippen LogP contribution in [0.5, 0.6) is 5.75 Å². The summed E-state index contributed by atoms with van der Waals surface area (Å²) in [5.74, 6) is 0.403. The second-order valence-electron chi connectivity index (χ2n) is 9.40. The summed E-state index contributed by atoms with van der Waals surface area (Å²) in [4.78, 5) is 41.8. The molecule has 4 aromatic rings. The highest BCUT2D eigenvalue weighted by Crippen LogP contribution is 2.33. The van der Waals surface area contributed by atoms with Crippen molar-refractivity contribution >= 4 is 49.4 Å². The van der Waals surface area contributed by atoms with Gasteiger partial charge >= 0.3 is 5.69 Å². The number of aromatic nitrogens is 3. The number of aryl methyl sites for hydroxylation is 1. The van der Waals surface area contributed by atoms with E-state index in [0.717, 1.165) is 20.4 Å². The minimum Gasteiger partial charge on any atom is -0.492 e. The van der Waals surface area contributed by atoms with Crippen LogP contribution in [0.1, 0.15) is 26.3 Å². The van der Waals surface area contributed by atoms with E-state index in [-0.39, 0.29) is 28.8 Å². The van der Waals surface area contributed by atoms with Crippen molar-refractivity contribution in [3.05, 3.63) is 60.7 Å². The van der Waals surface area contributed by atoms with Crippen LogP contribution in [-0.4, -0.2) is 26.6 Å². The van der Waals surface area contributed by atoms with Gasteiger partial charge in [-0.1, -0.05) is 20.8 Å². The average molecular weight is 561 g/mol. The molecular formula is C24H25BrN4O5S. The van der Waals surface area contributed by atoms with Crippen LogP contribution >= 0.6 is 27.3 Å². The Hall–Kier alpha value is -3.18. The first-order valence-corrected chi connectivity index (χ1v) is 12.5. The fourth-order valence-electron chi connectivity index (χ4n) is 3.43. The third-order valence-corrected chi connectivity index (χ3v) is 6.61. The minimum atomic E-state index is -0.503. The number of ether oxygens (including phenoxy) is 1. The highest BCUT2D eigenvalue weighted by Gasteiger charge is 2.19. The first kappa shape index (κ1) is 24.9. The number of halogens is 1. The van der Waals surface area contributed by atoms with Crippen molar-refractivity contribution in [1.29, 1.82) is 0 Å². The van der Waals surface area contributed by atoms with Gasteiger partial charge in [0.1, 0.15) is 11.1 Å². The topological polar surface area (TPSA) is 108 Å². The highest BCUT2D eigenvalue weighted by atomic mass is 79.9. The minimum absolute atomic E-state index is 0.0481. The number of hydrogen-bond donors (Lipinski definition) is 1. The fourth-order valence-corrected chi connectivity index (χ4v) is 4.66. The van der Waals surface area contributed by atoms with Crippen molar-refractivity contribution in [2.45, 2.75) is 27.2 Å². The monoisotopic (exact) mass is 560 g/mol. The zero-order valence-corrected chi connectivity index (χ0v) is 22.4. The Balaban J connectivity index is 1.48. The van der Waals surface area contributed by atoms with Gasteiger partial charge in [0.15, 0.2) is 5.13 Å². The molecule has 0 spiro atoms. The molecule has 0 saturated carbocycles. The van der Waals surface area contributed by atoms with Crippen LogP contribution in [0.25, 0.3) is 22.4 Å². The van der Waals surface area contributed by atoms with Crippen molar-refractivity contribution in [2.24, 2.45) is 19.5 Å². The van der Waals surface area contributed by atoms with Gasteiger partial charge in [-0.15, -0.1) is 11.3 Å². The molecule has 0 radical (unpaired) electrons. The van der Waals surface area contributed by atoms with Gasteiger partial charge in [0.05, 0.1) is 29.5 Å². The molecular weight excluding hydrogens is 536 g/mol. The summed E-state index contributed by atoms with van der Waals surface area (Å²) in [6.07, 6.45) is 1.24. The Labute approximate surface area is 213 Å². The van der Waals surface area contributed by atoms with Gasteiger partial charge in [0.2, 0.25) is 11.6 Å². The van der Waals surface area contributed by atoms with Crippen molar-refractivity contribution in [1.82, 2.24) is 14.1 Å². The summed E-state index contributed by atoms with van der Waals surface area (Å²) in [5.41, 5.74) is 1.18. The van der Waals surface area contributed by atoms with E-state index in [9.17, 15) is 14.4 Å². The Bertz CT molecular complexity index is 1540. The number of thiazole rings is 1. The number of carbonyl (C=O) groups excluding carboxylic acids is 1. The lowest BCUT2D eigenvalue weighted by Crippen LogP contribution is -2.36. The summed E-state index contributed by atoms with van der Waals surface area (Å²) < 4.78 is 14.3. The van der Waals surface area contributed by atoms with Gasteiger partial charge in [0, 0.05) is 30.6 Å². The molecule has 0 aliphatic rings. The number of nitrogens with one attached hydrogen (secondary N) is 1. The highest BCUT2D eigenvalue weighted by molar-refractivity contribution is 9.10. The summed E-state index contributed by atoms with van der Waals surface area (Å²) in [6.45, 7) is 6.91. The molecule has 0 aliphatic carbocycles. The van der Waals surface area contributed by atoms with E-state index in [1.165, 1.54) is 36.3 Å². The maximum atomic E-state index is 12.7. The standard InChI is InChI=1S/C24H25BrN4O5S/c1-24(2,3)12-34-17-7-6-13(8-15(17)25)16-11-35-22(26-16)27-18(30)9-14-10-33-21-19(14)20(31)28(4)23(32)29(21)5/h6-8,10-11H,9,12H2,1-5H3,(H,26,27,30). The Kier molecular flexibility index (Phi) is 6.74. The Morgan fingerprint density at radius 2 is 1.97 bits per heavy atom. The molecule has 184 valence electrons. The largest absolute Gasteiger partial charge is 0.492 e. The smallest absolute Gasteiger partial charge is 0.333 e. The van der Waals surface area contributed by atoms with E-state index in [2.05, 4.69) is 47.0 Å². The van der Waals surface area contributed by atoms with Crippen LogP contribution in [0, 0.1) is 5.41 Å². The number of anilines is 1. The lowest BCUT2D eigenvalue weighted by Gasteiger charge is -2.19. The molecule has 35 heavy (non-hydrogen) atoms. The predicted molar refractivity (Wildman–Crippen MR) is 139 cm³/mol. The summed E-state index contributed by atoms with van der Waals surface area (Å²) in [7, 11) is 2.90. The second kappa shape index (κ2) is 9.46. The molecule has 0 saturated heterocycles. The van der Waals surface area contributed by atoms with Gasteiger partial charge < -0.3 is 14.5 Å². The molecule has 1 amide bonds. The predicted octanol–water partition coefficient (Wildman–Crippen LogP) is 4.32. The van der Waals surface area contributed by atoms with Crippen molar-refractivity contribution in [2.75, 3.05) is 11.9 Å². The van der Waals surface area contributed by atoms with E-state index < -0.39 is 11.2 Å². The maximum absolute atomic E-state index is 12.7. The molecule has 0 unspecified atom stereocenters. The molecule has 3 heterocycles. The molecule has 1 aromatic carbocycles. The fraction of sp³-hybridized carbons (Fsp3) is 0.333. The van der Waals surface area contributed by atoms with E-state index in [1.54, 1.807) is 0 Å². The zero-order chi connectivity index (χ0) is 25.5. The molecule has 11 heteroatoms. The van der Waals surface area contributed by atoms with E-state index in [4.69, 9.17) is 9.15 Å². The van der Waals surface area contributed by atoms with Crippen molar-refractivity contribution in [3.63, 3.8) is 0 Å². The van der Waals surface area contributed by atoms with E-state index >= 15 is 0 Å². The lowest BCUT2D eigenvalue weighted by atomic mass is 9.99. The van der Waals surface area contributed by atoms with E-state index in [0.29, 0.717) is 23.0 Å². The summed E-state index contributed by atoms with van der Waals surface area (Å²) >= 11 is 4.85. The molecule has 0 bridgehead atoms. The Morgan fingerprint density at radius 3 is 2.66 bits per heavy atom. The Morgan fingerprint density at radius 1 is 1.23 bits per heavy atom. The summed E-state index contributed by atoms with van der Waals surface area (Å²) in [5, 5.41) is 5.27. The van der Waals surface area contributed by atoms with Gasteiger partial charge in [0.25, 0.3) is 5.56 Å². The van der Waals surface area contributed by atoms with Gasteiger partial charge in [-0.05, 0) is 39.5 Å². The zero-order valence-electron chi connectivity index (χ0n) is 20.0. The van der Waals surface area contributed by atoms with Gasteiger partial charge in [-0.3, -0.25) is 18.7 Å². The number of nitrogens with zero attached hydrogens (tertiary/aromatic N) is 3. The third kappa shape index (κ3) is 5.25. The molecule has 3 aromatic heterocycles. The lowest BCUT2D eigenvalue weighted by molar-refractivity contribution is -0.115. The number of furan rings is 1. The quantitative estimate of drug-likeness (QED) is 0.376. The second-order valence-corrected chi connectivity index (χ2v) is 11.1. The first-order valence-electron chi connectivity index (χ1n) is 10.8. The maximum Gasteiger partial charge on any atom is 0.333 e. The van der Waals surface area contributed by atoms with Gasteiger partial charge in [-0.2, -0.15) is 0 Å². The number of hydrogen-bond acceptors (Lipinski definition) is 7. The van der Waals surface area contributed by atoms with Crippen LogP contribution in [0.4, 0.5) is 5.13 Å². The number of fused-ring (bicyclic) bond motifs is 1. The number of rotatable bonds is 6. The van der Waals surface area contributed by atoms with Crippen LogP contribution in [0.2, 0.25) is 0 Å². The van der Waals surface area contributed by atoms with Crippen LogP contribution in [0.15, 0.2) is 48.3 Å². The normalized spacial score (nSPS) is 11.7. The molecule has 0 atom stereocenters. The third-order valence-electron chi connectivity index (χ3n) is 5.23. The first-order chi connectivity index (χ1) is 16.4. The average Bonchev–Trinajstić information content (AvgIpc) is 3.42. The van der Waals surface area contributed by atoms with Crippen LogP contribution < -0.4 is 21.3 Å². The number of amides is 1. The molecule has 1 N–H and O–H groups in total. The molecule has 0 fully saturated rings. The summed E-state index contributed by atoms with van der Waals surface area (Å²) in [6, 6.07) is 5.73. The van der Waals surface area contributed by atoms with Crippen LogP contribution in [-0.2, 0) is 25.3 Å². The van der Waals surface area contributed by atoms with Crippen molar-refractivity contribution in [3.8, 4) is 17.0 Å². The molecule has 9 nitrogen and oxygen atoms in total. The van der Waals surface area contributed by atoms with Crippen LogP contribution in [0.3, 0.4) is 0 Å². The van der Waals surface area contributed by atoms with Crippen molar-refractivity contribution < 1.29 is 13.9 Å². The van der Waals surface area contributed by atoms with E-state index in [1.807, 2.05) is 23.6 Å². The van der Waals surface area contributed by atoms with Gasteiger partial charge in [-0.25, -0.2) is 9.78 Å². The number of carbonyl (C=O) groups is 1. The molecule has 0 aliphatic heterocycles. The SMILES string of the molecule is Cn1c(=O)c2c(CC(=O)Nc3nc(-c4ccc(OCC(C)(C)C)c(Br)c4)cs3)coc2n(C)c1=O.